The van der Waals surface area contributed by atoms with Crippen molar-refractivity contribution < 1.29 is 6.51 Å². The van der Waals surface area contributed by atoms with E-state index < -0.39 is 10.3 Å². The quantitative estimate of drug-likeness (QED) is 0.415. The van der Waals surface area contributed by atoms with Gasteiger partial charge < -0.3 is 0 Å². The van der Waals surface area contributed by atoms with Crippen molar-refractivity contribution in [3.05, 3.63) is 0 Å². The van der Waals surface area contributed by atoms with Crippen LogP contribution in [0.2, 0.25) is 47.2 Å². The number of alkyl halides is 3. The molecule has 1 spiro atoms. The molecular weight excluding hydrogens is 318 g/mol. The second kappa shape index (κ2) is 0.585. The first-order chi connectivity index (χ1) is 7.74. The maximum atomic E-state index is 6.63. The van der Waals surface area contributed by atoms with Crippen LogP contribution in [0.3, 0.4) is 0 Å². The van der Waals surface area contributed by atoms with Crippen LogP contribution in [0.15, 0.2) is 0 Å². The Bertz CT molecular complexity index is 1010. The van der Waals surface area contributed by atoms with Crippen molar-refractivity contribution in [1.82, 2.24) is 0 Å². The van der Waals surface area contributed by atoms with Crippen molar-refractivity contribution in [2.24, 2.45) is 0 Å². The Morgan fingerprint density at radius 1 is 0.941 bits per heavy atom. The van der Waals surface area contributed by atoms with Gasteiger partial charge in [-0.25, -0.2) is 0 Å². The Morgan fingerprint density at radius 2 is 1.41 bits per heavy atom. The fourth-order valence-electron chi connectivity index (χ4n) is 18.8. The molecule has 0 aromatic carbocycles. The van der Waals surface area contributed by atoms with Gasteiger partial charge in [-0.15, -0.1) is 0 Å². The van der Waals surface area contributed by atoms with Crippen molar-refractivity contribution >= 4 is 34.8 Å². The third-order valence-electron chi connectivity index (χ3n) is 16.1. The molecule has 10 aliphatic rings. The van der Waals surface area contributed by atoms with Gasteiger partial charge in [0.1, 0.15) is 0 Å². The zero-order chi connectivity index (χ0) is 11.1. The number of rotatable bonds is 1. The van der Waals surface area contributed by atoms with Crippen LogP contribution < -0.4 is 0 Å². The molecule has 8 unspecified atom stereocenters. The van der Waals surface area contributed by atoms with Gasteiger partial charge in [0, 0.05) is 0 Å². The first-order valence-corrected chi connectivity index (χ1v) is 14.4. The molecule has 10 fully saturated rings. The fraction of sp³-hybridized carbons (Fsp3) is 1.00. The molecule has 10 heterocycles. The van der Waals surface area contributed by atoms with Crippen LogP contribution in [0.4, 0.5) is 0 Å². The zero-order valence-electron chi connectivity index (χ0n) is 9.31. The monoisotopic (exact) mass is 330 g/mol. The molecule has 0 amide bonds. The summed E-state index contributed by atoms with van der Waals surface area (Å²) in [7, 11) is 0. The predicted octanol–water partition coefficient (Wildman–Crippen LogP) is 5.90. The minimum atomic E-state index is -3.30. The van der Waals surface area contributed by atoms with Crippen LogP contribution >= 0.6 is 34.8 Å². The third-order valence-corrected chi connectivity index (χ3v) is 61.1. The second-order valence-corrected chi connectivity index (χ2v) is 36.4. The van der Waals surface area contributed by atoms with Crippen LogP contribution in [-0.4, -0.2) is 3.79 Å². The van der Waals surface area contributed by atoms with Crippen molar-refractivity contribution in [2.45, 2.75) is 64.3 Å². The van der Waals surface area contributed by atoms with Gasteiger partial charge in [0.15, 0.2) is 0 Å². The molecule has 0 aromatic heterocycles. The van der Waals surface area contributed by atoms with E-state index in [2.05, 4.69) is 6.92 Å². The van der Waals surface area contributed by atoms with Gasteiger partial charge in [0.25, 0.3) is 0 Å². The number of fused-ring (bicyclic) bond motifs is 10. The molecule has 10 rings (SSSR count). The van der Waals surface area contributed by atoms with Gasteiger partial charge in [-0.05, 0) is 0 Å². The van der Waals surface area contributed by atoms with E-state index in [0.29, 0.717) is 4.31 Å². The normalized spacial score (nSPS) is 125. The van der Waals surface area contributed by atoms with Crippen molar-refractivity contribution in [2.75, 3.05) is 0 Å². The fourth-order valence-corrected chi connectivity index (χ4v) is 102. The van der Waals surface area contributed by atoms with E-state index in [-0.39, 0.29) is 0 Å². The average Bonchev–Trinajstić information content (AvgIpc) is 3.21. The Kier molecular flexibility index (Phi) is 0.255. The SMILES string of the molecule is CC[C]12[CH]3[CH]4[CH]5[CH]1[Fe]45321678[CH]2[CH]1[CH]6[C]7(C(Cl)(Cl)Cl)[CH]28. The minimum absolute atomic E-state index is 0.391. The van der Waals surface area contributed by atoms with E-state index in [1.807, 2.05) is 0 Å². The molecule has 0 radical (unpaired) electrons. The molecule has 0 saturated carbocycles. The first-order valence-electron chi connectivity index (χ1n) is 7.02. The standard InChI is InChI=1S/C7H9.C6H4Cl3.Fe/c1-2-7-5-3-4-6-7;7-6(8,9)5-3-1-2-4-5;/h3-6H,2H2,1H3;1-4H;. The van der Waals surface area contributed by atoms with Crippen molar-refractivity contribution in [1.29, 1.82) is 0 Å². The Morgan fingerprint density at radius 3 is 1.59 bits per heavy atom. The van der Waals surface area contributed by atoms with E-state index in [1.54, 1.807) is 0 Å². The van der Waals surface area contributed by atoms with Crippen LogP contribution in [-0.2, 0) is 6.51 Å². The third kappa shape index (κ3) is 0.0719. The number of hydrogen-bond donors (Lipinski definition) is 0. The second-order valence-electron chi connectivity index (χ2n) is 10.8. The Hall–Kier alpha value is 1.39. The molecule has 0 nitrogen and oxygen atoms in total. The summed E-state index contributed by atoms with van der Waals surface area (Å²) in [5.41, 5.74) is 0. The van der Waals surface area contributed by atoms with Gasteiger partial charge in [-0.1, -0.05) is 0 Å². The summed E-state index contributed by atoms with van der Waals surface area (Å²) >= 11 is 19.9. The molecule has 0 N–H and O–H groups in total. The van der Waals surface area contributed by atoms with Crippen LogP contribution in [0.25, 0.3) is 0 Å². The van der Waals surface area contributed by atoms with Crippen LogP contribution in [0.1, 0.15) is 13.3 Å². The number of halogens is 3. The van der Waals surface area contributed by atoms with Gasteiger partial charge in [-0.3, -0.25) is 0 Å². The molecule has 94 valence electrons. The van der Waals surface area contributed by atoms with Gasteiger partial charge >= 0.3 is 106 Å². The van der Waals surface area contributed by atoms with E-state index in [0.717, 1.165) is 13.9 Å². The Labute approximate surface area is 105 Å². The molecule has 17 heavy (non-hydrogen) atoms. The Balaban J connectivity index is 1.74. The van der Waals surface area contributed by atoms with Gasteiger partial charge in [0.05, 0.1) is 0 Å². The topological polar surface area (TPSA) is 0 Å². The van der Waals surface area contributed by atoms with E-state index in [4.69, 9.17) is 34.8 Å². The summed E-state index contributed by atoms with van der Waals surface area (Å²) in [6, 6.07) is 0. The summed E-state index contributed by atoms with van der Waals surface area (Å²) in [5.74, 6) is 0. The average molecular weight is 331 g/mol. The first kappa shape index (κ1) is 7.41. The van der Waals surface area contributed by atoms with Gasteiger partial charge in [-0.2, -0.15) is 0 Å². The summed E-state index contributed by atoms with van der Waals surface area (Å²) in [6.07, 6.45) is 1.48. The molecule has 10 aliphatic heterocycles. The van der Waals surface area contributed by atoms with E-state index in [1.165, 1.54) is 35.3 Å². The molecule has 8 atom stereocenters. The molecule has 0 aliphatic carbocycles. The molecule has 4 heteroatoms. The predicted molar refractivity (Wildman–Crippen MR) is 66.0 cm³/mol. The van der Waals surface area contributed by atoms with E-state index in [9.17, 15) is 0 Å². The molecule has 0 aromatic rings. The number of hydrogen-bond acceptors (Lipinski definition) is 0. The van der Waals surface area contributed by atoms with E-state index >= 15 is 0 Å². The molecule has 0 bridgehead atoms. The molecule has 10 saturated heterocycles. The summed E-state index contributed by atoms with van der Waals surface area (Å²) < 4.78 is 0.421. The van der Waals surface area contributed by atoms with Gasteiger partial charge in [0.2, 0.25) is 0 Å². The summed E-state index contributed by atoms with van der Waals surface area (Å²) in [4.78, 5) is 9.59. The van der Waals surface area contributed by atoms with Crippen molar-refractivity contribution in [3.63, 3.8) is 0 Å². The summed E-state index contributed by atoms with van der Waals surface area (Å²) in [6.45, 7) is -0.822. The van der Waals surface area contributed by atoms with Crippen molar-refractivity contribution in [3.8, 4) is 0 Å². The molecular formula is C13H13Cl3Fe. The van der Waals surface area contributed by atoms with Crippen LogP contribution in [0, 0.1) is 0 Å². The zero-order valence-corrected chi connectivity index (χ0v) is 12.7. The van der Waals surface area contributed by atoms with Crippen LogP contribution in [0.5, 0.6) is 0 Å². The summed E-state index contributed by atoms with van der Waals surface area (Å²) in [5, 5.41) is 0. The maximum absolute atomic E-state index is 6.63.